The molecule has 0 radical (unpaired) electrons. The molecule has 1 heterocycles. The molecule has 0 atom stereocenters. The number of hydrogen-bond acceptors (Lipinski definition) is 3. The van der Waals surface area contributed by atoms with E-state index in [2.05, 4.69) is 29.3 Å². The van der Waals surface area contributed by atoms with Crippen LogP contribution in [-0.4, -0.2) is 12.6 Å². The normalized spacial score (nSPS) is 14.4. The van der Waals surface area contributed by atoms with E-state index in [0.29, 0.717) is 0 Å². The van der Waals surface area contributed by atoms with Gasteiger partial charge in [-0.2, -0.15) is 0 Å². The van der Waals surface area contributed by atoms with Crippen LogP contribution in [0.15, 0.2) is 36.4 Å². The molecule has 2 aromatic rings. The van der Waals surface area contributed by atoms with Crippen molar-refractivity contribution in [1.82, 2.24) is 5.32 Å². The Balaban J connectivity index is 1.63. The molecule has 0 amide bonds. The maximum atomic E-state index is 13.4. The predicted molar refractivity (Wildman–Crippen MR) is 87.3 cm³/mol. The van der Waals surface area contributed by atoms with E-state index < -0.39 is 0 Å². The van der Waals surface area contributed by atoms with Gasteiger partial charge in [-0.15, -0.1) is 11.3 Å². The van der Waals surface area contributed by atoms with E-state index in [1.54, 1.807) is 12.1 Å². The number of benzene rings is 1. The van der Waals surface area contributed by atoms with Crippen molar-refractivity contribution in [3.63, 3.8) is 0 Å². The first-order valence-electron chi connectivity index (χ1n) is 7.56. The molecule has 1 aromatic carbocycles. The van der Waals surface area contributed by atoms with Crippen molar-refractivity contribution in [2.24, 2.45) is 0 Å². The summed E-state index contributed by atoms with van der Waals surface area (Å²) in [5.41, 5.74) is 0.948. The zero-order valence-corrected chi connectivity index (χ0v) is 13.1. The Labute approximate surface area is 129 Å². The second-order valence-corrected chi connectivity index (χ2v) is 6.77. The number of nitrogens with zero attached hydrogens (tertiary/aromatic N) is 1. The molecule has 0 aliphatic heterocycles. The zero-order chi connectivity index (χ0) is 14.7. The summed E-state index contributed by atoms with van der Waals surface area (Å²) in [7, 11) is 0. The molecule has 112 valence electrons. The fourth-order valence-corrected chi connectivity index (χ4v) is 3.37. The van der Waals surface area contributed by atoms with Crippen molar-refractivity contribution in [1.29, 1.82) is 0 Å². The Morgan fingerprint density at radius 1 is 1.24 bits per heavy atom. The number of rotatable bonds is 7. The number of anilines is 1. The molecule has 1 saturated carbocycles. The minimum absolute atomic E-state index is 0.175. The summed E-state index contributed by atoms with van der Waals surface area (Å²) in [6.45, 7) is 4.79. The standard InChI is InChI=1S/C17H21FN2S/c1-2-20(15-5-3-4-13(18)10-15)12-17-9-8-16(21-17)11-19-14-6-7-14/h3-5,8-10,14,19H,2,6-7,11-12H2,1H3. The number of nitrogens with one attached hydrogen (secondary N) is 1. The molecule has 1 N–H and O–H groups in total. The van der Waals surface area contributed by atoms with Gasteiger partial charge in [-0.3, -0.25) is 0 Å². The van der Waals surface area contributed by atoms with Crippen LogP contribution in [-0.2, 0) is 13.1 Å². The highest BCUT2D eigenvalue weighted by Crippen LogP contribution is 2.24. The second-order valence-electron chi connectivity index (χ2n) is 5.52. The number of hydrogen-bond donors (Lipinski definition) is 1. The van der Waals surface area contributed by atoms with Gasteiger partial charge >= 0.3 is 0 Å². The molecule has 2 nitrogen and oxygen atoms in total. The van der Waals surface area contributed by atoms with Gasteiger partial charge in [0.15, 0.2) is 0 Å². The Bertz CT molecular complexity index is 592. The van der Waals surface area contributed by atoms with E-state index in [-0.39, 0.29) is 5.82 Å². The second kappa shape index (κ2) is 6.58. The first-order chi connectivity index (χ1) is 10.2. The van der Waals surface area contributed by atoms with Crippen molar-refractivity contribution in [2.45, 2.75) is 38.9 Å². The average molecular weight is 304 g/mol. The van der Waals surface area contributed by atoms with Crippen molar-refractivity contribution < 1.29 is 4.39 Å². The smallest absolute Gasteiger partial charge is 0.125 e. The quantitative estimate of drug-likeness (QED) is 0.826. The number of halogens is 1. The topological polar surface area (TPSA) is 15.3 Å². The average Bonchev–Trinajstić information content (AvgIpc) is 3.21. The molecule has 0 bridgehead atoms. The Morgan fingerprint density at radius 3 is 2.76 bits per heavy atom. The zero-order valence-electron chi connectivity index (χ0n) is 12.3. The SMILES string of the molecule is CCN(Cc1ccc(CNC2CC2)s1)c1cccc(F)c1. The first-order valence-corrected chi connectivity index (χ1v) is 8.37. The molecule has 0 unspecified atom stereocenters. The number of thiophene rings is 1. The van der Waals surface area contributed by atoms with Crippen molar-refractivity contribution in [3.8, 4) is 0 Å². The van der Waals surface area contributed by atoms with Gasteiger partial charge in [-0.1, -0.05) is 6.07 Å². The fourth-order valence-electron chi connectivity index (χ4n) is 2.38. The lowest BCUT2D eigenvalue weighted by Gasteiger charge is -2.22. The van der Waals surface area contributed by atoms with Gasteiger partial charge in [0.25, 0.3) is 0 Å². The summed E-state index contributed by atoms with van der Waals surface area (Å²) in [6.07, 6.45) is 2.64. The maximum Gasteiger partial charge on any atom is 0.125 e. The lowest BCUT2D eigenvalue weighted by molar-refractivity contribution is 0.626. The minimum atomic E-state index is -0.175. The Kier molecular flexibility index (Phi) is 4.56. The highest BCUT2D eigenvalue weighted by Gasteiger charge is 2.20. The van der Waals surface area contributed by atoms with Crippen LogP contribution >= 0.6 is 11.3 Å². The summed E-state index contributed by atoms with van der Waals surface area (Å²) in [5.74, 6) is -0.175. The van der Waals surface area contributed by atoms with Gasteiger partial charge in [-0.05, 0) is 50.1 Å². The summed E-state index contributed by atoms with van der Waals surface area (Å²) < 4.78 is 13.4. The van der Waals surface area contributed by atoms with E-state index in [1.165, 1.54) is 28.7 Å². The summed E-state index contributed by atoms with van der Waals surface area (Å²) >= 11 is 1.85. The van der Waals surface area contributed by atoms with Gasteiger partial charge in [0, 0.05) is 34.6 Å². The minimum Gasteiger partial charge on any atom is -0.367 e. The third-order valence-corrected chi connectivity index (χ3v) is 4.83. The maximum absolute atomic E-state index is 13.4. The van der Waals surface area contributed by atoms with Crippen LogP contribution < -0.4 is 10.2 Å². The van der Waals surface area contributed by atoms with Crippen LogP contribution in [0.5, 0.6) is 0 Å². The van der Waals surface area contributed by atoms with Crippen LogP contribution in [0.25, 0.3) is 0 Å². The van der Waals surface area contributed by atoms with Gasteiger partial charge in [0.05, 0.1) is 6.54 Å². The molecule has 0 saturated heterocycles. The monoisotopic (exact) mass is 304 g/mol. The van der Waals surface area contributed by atoms with Crippen LogP contribution in [0.2, 0.25) is 0 Å². The summed E-state index contributed by atoms with van der Waals surface area (Å²) in [4.78, 5) is 4.91. The molecule has 1 aliphatic rings. The van der Waals surface area contributed by atoms with Gasteiger partial charge in [-0.25, -0.2) is 4.39 Å². The molecular formula is C17H21FN2S. The molecule has 4 heteroatoms. The molecular weight excluding hydrogens is 283 g/mol. The van der Waals surface area contributed by atoms with E-state index in [4.69, 9.17) is 0 Å². The van der Waals surface area contributed by atoms with Crippen LogP contribution in [0.1, 0.15) is 29.5 Å². The molecule has 0 spiro atoms. The predicted octanol–water partition coefficient (Wildman–Crippen LogP) is 4.17. The highest BCUT2D eigenvalue weighted by molar-refractivity contribution is 7.12. The Morgan fingerprint density at radius 2 is 2.05 bits per heavy atom. The summed E-state index contributed by atoms with van der Waals surface area (Å²) in [6, 6.07) is 12.0. The lowest BCUT2D eigenvalue weighted by atomic mass is 10.2. The van der Waals surface area contributed by atoms with Crippen LogP contribution in [0, 0.1) is 5.82 Å². The van der Waals surface area contributed by atoms with Gasteiger partial charge < -0.3 is 10.2 Å². The molecule has 3 rings (SSSR count). The van der Waals surface area contributed by atoms with Gasteiger partial charge in [0.2, 0.25) is 0 Å². The molecule has 1 aliphatic carbocycles. The van der Waals surface area contributed by atoms with E-state index in [9.17, 15) is 4.39 Å². The van der Waals surface area contributed by atoms with E-state index in [0.717, 1.165) is 31.4 Å². The molecule has 1 fully saturated rings. The fraction of sp³-hybridized carbons (Fsp3) is 0.412. The van der Waals surface area contributed by atoms with Gasteiger partial charge in [0.1, 0.15) is 5.82 Å². The van der Waals surface area contributed by atoms with Crippen LogP contribution in [0.3, 0.4) is 0 Å². The highest BCUT2D eigenvalue weighted by atomic mass is 32.1. The largest absolute Gasteiger partial charge is 0.367 e. The summed E-state index contributed by atoms with van der Waals surface area (Å²) in [5, 5.41) is 3.54. The van der Waals surface area contributed by atoms with E-state index >= 15 is 0 Å². The van der Waals surface area contributed by atoms with Crippen molar-refractivity contribution in [2.75, 3.05) is 11.4 Å². The van der Waals surface area contributed by atoms with Crippen molar-refractivity contribution in [3.05, 3.63) is 52.0 Å². The Hall–Kier alpha value is -1.39. The van der Waals surface area contributed by atoms with Crippen LogP contribution in [0.4, 0.5) is 10.1 Å². The van der Waals surface area contributed by atoms with Crippen molar-refractivity contribution >= 4 is 17.0 Å². The third-order valence-electron chi connectivity index (χ3n) is 3.76. The first kappa shape index (κ1) is 14.5. The lowest BCUT2D eigenvalue weighted by Crippen LogP contribution is -2.21. The third kappa shape index (κ3) is 4.05. The van der Waals surface area contributed by atoms with E-state index in [1.807, 2.05) is 17.4 Å². The molecule has 21 heavy (non-hydrogen) atoms. The molecule has 1 aromatic heterocycles.